The van der Waals surface area contributed by atoms with Gasteiger partial charge < -0.3 is 0 Å². The van der Waals surface area contributed by atoms with Crippen LogP contribution in [0.25, 0.3) is 0 Å². The molecule has 0 radical (unpaired) electrons. The Labute approximate surface area is 78.4 Å². The number of nitrogens with one attached hydrogen (secondary N) is 1. The minimum absolute atomic E-state index is 0.443. The van der Waals surface area contributed by atoms with Crippen LogP contribution in [0.15, 0.2) is 0 Å². The number of nitrogens with zero attached hydrogens (tertiary/aromatic N) is 1. The van der Waals surface area contributed by atoms with Gasteiger partial charge in [0.1, 0.15) is 0 Å². The van der Waals surface area contributed by atoms with E-state index < -0.39 is 0 Å². The smallest absolute Gasteiger partial charge is 0.0642 e. The van der Waals surface area contributed by atoms with Crippen LogP contribution in [0.1, 0.15) is 13.3 Å². The van der Waals surface area contributed by atoms with Gasteiger partial charge in [-0.15, -0.1) is 9.24 Å². The highest BCUT2D eigenvalue weighted by molar-refractivity contribution is 14.1. The van der Waals surface area contributed by atoms with Gasteiger partial charge in [-0.3, -0.25) is 5.43 Å². The number of halogens is 1. The molecule has 1 saturated heterocycles. The topological polar surface area (TPSA) is 15.3 Å². The lowest BCUT2D eigenvalue weighted by Gasteiger charge is -2.43. The van der Waals surface area contributed by atoms with Crippen LogP contribution in [0, 0.1) is 0 Å². The summed E-state index contributed by atoms with van der Waals surface area (Å²) in [7, 11) is 2.87. The molecule has 0 aromatic rings. The SMILES string of the molecule is CCCNN1CC(P)(I)C1. The standard InChI is InChI=1S/C6H14IN2P/c1-2-3-8-9-4-6(7,10)5-9/h8H,2-5,10H2,1H3. The lowest BCUT2D eigenvalue weighted by Crippen LogP contribution is -2.59. The van der Waals surface area contributed by atoms with Crippen molar-refractivity contribution in [3.05, 3.63) is 0 Å². The van der Waals surface area contributed by atoms with E-state index in [1.165, 1.54) is 6.42 Å². The first kappa shape index (κ1) is 9.17. The molecule has 0 aromatic heterocycles. The third-order valence-electron chi connectivity index (χ3n) is 1.49. The molecule has 0 amide bonds. The van der Waals surface area contributed by atoms with Gasteiger partial charge in [-0.1, -0.05) is 29.5 Å². The van der Waals surface area contributed by atoms with Crippen molar-refractivity contribution in [1.82, 2.24) is 10.4 Å². The van der Waals surface area contributed by atoms with Gasteiger partial charge in [0.15, 0.2) is 0 Å². The van der Waals surface area contributed by atoms with Gasteiger partial charge in [0.05, 0.1) is 3.16 Å². The van der Waals surface area contributed by atoms with Gasteiger partial charge in [-0.05, 0) is 6.42 Å². The molecule has 1 unspecified atom stereocenters. The maximum absolute atomic E-state index is 3.34. The van der Waals surface area contributed by atoms with Crippen molar-refractivity contribution in [2.75, 3.05) is 19.6 Å². The average molecular weight is 272 g/mol. The highest BCUT2D eigenvalue weighted by Gasteiger charge is 2.35. The van der Waals surface area contributed by atoms with Crippen molar-refractivity contribution in [2.45, 2.75) is 16.5 Å². The molecule has 4 heteroatoms. The molecular formula is C6H14IN2P. The Balaban J connectivity index is 2.03. The van der Waals surface area contributed by atoms with E-state index in [2.05, 4.69) is 49.2 Å². The zero-order chi connectivity index (χ0) is 7.61. The Morgan fingerprint density at radius 1 is 1.70 bits per heavy atom. The molecule has 1 fully saturated rings. The van der Waals surface area contributed by atoms with E-state index in [0.717, 1.165) is 19.6 Å². The van der Waals surface area contributed by atoms with Crippen LogP contribution in [0.4, 0.5) is 0 Å². The number of hydrazine groups is 1. The van der Waals surface area contributed by atoms with Gasteiger partial charge in [0, 0.05) is 19.6 Å². The zero-order valence-electron chi connectivity index (χ0n) is 6.23. The van der Waals surface area contributed by atoms with Crippen molar-refractivity contribution in [1.29, 1.82) is 0 Å². The van der Waals surface area contributed by atoms with Crippen LogP contribution in [-0.4, -0.2) is 27.8 Å². The minimum atomic E-state index is 0.443. The second-order valence-electron chi connectivity index (χ2n) is 2.80. The van der Waals surface area contributed by atoms with E-state index in [-0.39, 0.29) is 0 Å². The summed E-state index contributed by atoms with van der Waals surface area (Å²) in [5.41, 5.74) is 3.34. The number of hydrogen-bond donors (Lipinski definition) is 1. The van der Waals surface area contributed by atoms with Gasteiger partial charge in [0.25, 0.3) is 0 Å². The minimum Gasteiger partial charge on any atom is -0.255 e. The largest absolute Gasteiger partial charge is 0.255 e. The summed E-state index contributed by atoms with van der Waals surface area (Å²) in [6.07, 6.45) is 1.21. The van der Waals surface area contributed by atoms with Crippen LogP contribution in [0.5, 0.6) is 0 Å². The Kier molecular flexibility index (Phi) is 3.35. The van der Waals surface area contributed by atoms with E-state index in [9.17, 15) is 0 Å². The van der Waals surface area contributed by atoms with Gasteiger partial charge in [-0.2, -0.15) is 0 Å². The zero-order valence-corrected chi connectivity index (χ0v) is 9.54. The van der Waals surface area contributed by atoms with E-state index >= 15 is 0 Å². The summed E-state index contributed by atoms with van der Waals surface area (Å²) in [6.45, 7) is 5.60. The number of alkyl halides is 1. The Hall–Kier alpha value is 1.08. The van der Waals surface area contributed by atoms with Crippen LogP contribution in [0.2, 0.25) is 0 Å². The van der Waals surface area contributed by atoms with Gasteiger partial charge >= 0.3 is 0 Å². The maximum atomic E-state index is 3.34. The fourth-order valence-electron chi connectivity index (χ4n) is 0.970. The fourth-order valence-corrected chi connectivity index (χ4v) is 2.23. The van der Waals surface area contributed by atoms with E-state index in [4.69, 9.17) is 0 Å². The molecule has 0 saturated carbocycles. The molecule has 0 bridgehead atoms. The summed E-state index contributed by atoms with van der Waals surface area (Å²) in [4.78, 5) is 0. The van der Waals surface area contributed by atoms with E-state index in [1.54, 1.807) is 0 Å². The van der Waals surface area contributed by atoms with E-state index in [0.29, 0.717) is 3.16 Å². The highest BCUT2D eigenvalue weighted by Crippen LogP contribution is 2.35. The first-order valence-corrected chi connectivity index (χ1v) is 5.26. The molecule has 60 valence electrons. The predicted octanol–water partition coefficient (Wildman–Crippen LogP) is 1.22. The first-order valence-electron chi connectivity index (χ1n) is 3.60. The molecule has 1 N–H and O–H groups in total. The molecule has 1 heterocycles. The Morgan fingerprint density at radius 2 is 2.30 bits per heavy atom. The molecule has 1 rings (SSSR count). The van der Waals surface area contributed by atoms with Crippen molar-refractivity contribution < 1.29 is 0 Å². The van der Waals surface area contributed by atoms with Crippen molar-refractivity contribution in [3.8, 4) is 0 Å². The summed E-state index contributed by atoms with van der Waals surface area (Å²) in [5.74, 6) is 0. The quantitative estimate of drug-likeness (QED) is 0.472. The molecule has 1 atom stereocenters. The summed E-state index contributed by atoms with van der Waals surface area (Å²) in [5, 5.41) is 2.27. The normalized spacial score (nSPS) is 24.3. The molecule has 0 aliphatic carbocycles. The Bertz CT molecular complexity index is 110. The second kappa shape index (κ2) is 3.65. The molecule has 2 nitrogen and oxygen atoms in total. The molecule has 10 heavy (non-hydrogen) atoms. The van der Waals surface area contributed by atoms with Crippen LogP contribution >= 0.6 is 31.8 Å². The number of hydrogen-bond acceptors (Lipinski definition) is 2. The van der Waals surface area contributed by atoms with Crippen LogP contribution in [-0.2, 0) is 0 Å². The lowest BCUT2D eigenvalue weighted by atomic mass is 10.2. The van der Waals surface area contributed by atoms with Crippen molar-refractivity contribution in [3.63, 3.8) is 0 Å². The average Bonchev–Trinajstić information content (AvgIpc) is 1.78. The van der Waals surface area contributed by atoms with Crippen LogP contribution in [0.3, 0.4) is 0 Å². The molecule has 0 aromatic carbocycles. The lowest BCUT2D eigenvalue weighted by molar-refractivity contribution is 0.110. The third kappa shape index (κ3) is 2.61. The van der Waals surface area contributed by atoms with Crippen molar-refractivity contribution in [2.24, 2.45) is 0 Å². The molecule has 0 spiro atoms. The summed E-state index contributed by atoms with van der Waals surface area (Å²) in [6, 6.07) is 0. The molecule has 1 aliphatic heterocycles. The Morgan fingerprint density at radius 3 is 2.70 bits per heavy atom. The maximum Gasteiger partial charge on any atom is 0.0642 e. The second-order valence-corrected chi connectivity index (χ2v) is 7.23. The summed E-state index contributed by atoms with van der Waals surface area (Å²) < 4.78 is 0.443. The fraction of sp³-hybridized carbons (Fsp3) is 1.00. The van der Waals surface area contributed by atoms with Gasteiger partial charge in [-0.25, -0.2) is 5.01 Å². The molecular weight excluding hydrogens is 258 g/mol. The third-order valence-corrected chi connectivity index (χ3v) is 2.54. The molecule has 1 aliphatic rings. The first-order chi connectivity index (χ1) is 4.64. The van der Waals surface area contributed by atoms with E-state index in [1.807, 2.05) is 0 Å². The highest BCUT2D eigenvalue weighted by atomic mass is 127. The van der Waals surface area contributed by atoms with Gasteiger partial charge in [0.2, 0.25) is 0 Å². The van der Waals surface area contributed by atoms with Crippen LogP contribution < -0.4 is 5.43 Å². The number of rotatable bonds is 3. The van der Waals surface area contributed by atoms with Crippen molar-refractivity contribution >= 4 is 31.8 Å². The predicted molar refractivity (Wildman–Crippen MR) is 56.3 cm³/mol. The monoisotopic (exact) mass is 272 g/mol. The summed E-state index contributed by atoms with van der Waals surface area (Å²) >= 11 is 2.48.